The van der Waals surface area contributed by atoms with Crippen molar-refractivity contribution in [2.24, 2.45) is 0 Å². The van der Waals surface area contributed by atoms with E-state index in [0.717, 1.165) is 17.9 Å². The summed E-state index contributed by atoms with van der Waals surface area (Å²) >= 11 is 8.18. The SMILES string of the molecule is CCCOc1ccc(NC2CCSC2)cc1Cl. The highest BCUT2D eigenvalue weighted by atomic mass is 35.5. The zero-order valence-corrected chi connectivity index (χ0v) is 11.6. The van der Waals surface area contributed by atoms with E-state index in [1.807, 2.05) is 30.0 Å². The van der Waals surface area contributed by atoms with Crippen LogP contribution in [0.4, 0.5) is 5.69 Å². The van der Waals surface area contributed by atoms with Gasteiger partial charge in [-0.15, -0.1) is 0 Å². The summed E-state index contributed by atoms with van der Waals surface area (Å²) in [6.07, 6.45) is 2.23. The fourth-order valence-corrected chi connectivity index (χ4v) is 3.19. The van der Waals surface area contributed by atoms with Crippen molar-refractivity contribution in [2.45, 2.75) is 25.8 Å². The van der Waals surface area contributed by atoms with Crippen molar-refractivity contribution in [3.05, 3.63) is 23.2 Å². The summed E-state index contributed by atoms with van der Waals surface area (Å²) in [5.41, 5.74) is 1.09. The van der Waals surface area contributed by atoms with E-state index in [9.17, 15) is 0 Å². The van der Waals surface area contributed by atoms with Gasteiger partial charge in [-0.25, -0.2) is 0 Å². The van der Waals surface area contributed by atoms with Crippen molar-refractivity contribution in [1.29, 1.82) is 0 Å². The molecule has 0 saturated carbocycles. The average molecular weight is 272 g/mol. The largest absolute Gasteiger partial charge is 0.492 e. The fourth-order valence-electron chi connectivity index (χ4n) is 1.80. The molecule has 1 aromatic rings. The number of nitrogens with one attached hydrogen (secondary N) is 1. The summed E-state index contributed by atoms with van der Waals surface area (Å²) in [7, 11) is 0. The maximum atomic E-state index is 6.18. The molecule has 17 heavy (non-hydrogen) atoms. The number of rotatable bonds is 5. The monoisotopic (exact) mass is 271 g/mol. The van der Waals surface area contributed by atoms with Gasteiger partial charge in [0.1, 0.15) is 5.75 Å². The number of hydrogen-bond acceptors (Lipinski definition) is 3. The van der Waals surface area contributed by atoms with Crippen molar-refractivity contribution < 1.29 is 4.74 Å². The van der Waals surface area contributed by atoms with Crippen LogP contribution in [0.15, 0.2) is 18.2 Å². The van der Waals surface area contributed by atoms with Gasteiger partial charge in [-0.1, -0.05) is 18.5 Å². The molecule has 0 aliphatic carbocycles. The summed E-state index contributed by atoms with van der Waals surface area (Å²) in [6.45, 7) is 2.80. The lowest BCUT2D eigenvalue weighted by Crippen LogP contribution is -2.17. The van der Waals surface area contributed by atoms with Crippen LogP contribution >= 0.6 is 23.4 Å². The number of hydrogen-bond donors (Lipinski definition) is 1. The summed E-state index contributed by atoms with van der Waals surface area (Å²) in [5, 5.41) is 4.19. The second kappa shape index (κ2) is 6.41. The molecule has 2 rings (SSSR count). The van der Waals surface area contributed by atoms with Crippen LogP contribution in [0.2, 0.25) is 5.02 Å². The highest BCUT2D eigenvalue weighted by molar-refractivity contribution is 7.99. The van der Waals surface area contributed by atoms with Gasteiger partial charge in [0.2, 0.25) is 0 Å². The molecule has 1 unspecified atom stereocenters. The maximum Gasteiger partial charge on any atom is 0.138 e. The molecule has 1 aliphatic rings. The number of anilines is 1. The van der Waals surface area contributed by atoms with Gasteiger partial charge in [0, 0.05) is 17.5 Å². The molecule has 94 valence electrons. The van der Waals surface area contributed by atoms with Crippen LogP contribution in [0.1, 0.15) is 19.8 Å². The molecule has 2 nitrogen and oxygen atoms in total. The lowest BCUT2D eigenvalue weighted by atomic mass is 10.2. The van der Waals surface area contributed by atoms with E-state index in [4.69, 9.17) is 16.3 Å². The highest BCUT2D eigenvalue weighted by Gasteiger charge is 2.15. The molecule has 1 saturated heterocycles. The number of benzene rings is 1. The Balaban J connectivity index is 1.97. The third-order valence-corrected chi connectivity index (χ3v) is 4.15. The first kappa shape index (κ1) is 12.9. The first-order valence-electron chi connectivity index (χ1n) is 6.06. The molecule has 1 atom stereocenters. The first-order chi connectivity index (χ1) is 8.29. The molecule has 1 aromatic carbocycles. The van der Waals surface area contributed by atoms with E-state index in [1.165, 1.54) is 17.9 Å². The van der Waals surface area contributed by atoms with Crippen LogP contribution in [-0.2, 0) is 0 Å². The Kier molecular flexibility index (Phi) is 4.86. The molecule has 0 aromatic heterocycles. The number of ether oxygens (including phenoxy) is 1. The summed E-state index contributed by atoms with van der Waals surface area (Å²) in [4.78, 5) is 0. The van der Waals surface area contributed by atoms with E-state index >= 15 is 0 Å². The minimum atomic E-state index is 0.582. The van der Waals surface area contributed by atoms with E-state index in [0.29, 0.717) is 17.7 Å². The molecule has 1 N–H and O–H groups in total. The standard InChI is InChI=1S/C13H18ClNOS/c1-2-6-16-13-4-3-10(8-12(13)14)15-11-5-7-17-9-11/h3-4,8,11,15H,2,5-7,9H2,1H3. The Morgan fingerprint density at radius 1 is 1.53 bits per heavy atom. The normalized spacial score (nSPS) is 19.3. The van der Waals surface area contributed by atoms with Gasteiger partial charge in [0.15, 0.2) is 0 Å². The van der Waals surface area contributed by atoms with Crippen LogP contribution < -0.4 is 10.1 Å². The van der Waals surface area contributed by atoms with Crippen molar-refractivity contribution >= 4 is 29.1 Å². The van der Waals surface area contributed by atoms with Crippen molar-refractivity contribution in [3.63, 3.8) is 0 Å². The molecular formula is C13H18ClNOS. The Labute approximate surface area is 112 Å². The van der Waals surface area contributed by atoms with Gasteiger partial charge in [-0.2, -0.15) is 11.8 Å². The number of halogens is 1. The highest BCUT2D eigenvalue weighted by Crippen LogP contribution is 2.29. The Bertz CT molecular complexity index is 366. The zero-order chi connectivity index (χ0) is 12.1. The van der Waals surface area contributed by atoms with Crippen LogP contribution in [0, 0.1) is 0 Å². The molecule has 0 amide bonds. The fraction of sp³-hybridized carbons (Fsp3) is 0.538. The van der Waals surface area contributed by atoms with E-state index in [-0.39, 0.29) is 0 Å². The summed E-state index contributed by atoms with van der Waals surface area (Å²) in [6, 6.07) is 6.52. The van der Waals surface area contributed by atoms with Crippen LogP contribution in [0.3, 0.4) is 0 Å². The zero-order valence-electron chi connectivity index (χ0n) is 10.0. The Hall–Kier alpha value is -0.540. The van der Waals surface area contributed by atoms with Gasteiger partial charge < -0.3 is 10.1 Å². The molecule has 1 aliphatic heterocycles. The molecular weight excluding hydrogens is 254 g/mol. The summed E-state index contributed by atoms with van der Waals surface area (Å²) < 4.78 is 5.55. The second-order valence-electron chi connectivity index (χ2n) is 4.20. The third kappa shape index (κ3) is 3.71. The summed E-state index contributed by atoms with van der Waals surface area (Å²) in [5.74, 6) is 3.22. The van der Waals surface area contributed by atoms with Gasteiger partial charge in [0.05, 0.1) is 11.6 Å². The predicted octanol–water partition coefficient (Wildman–Crippen LogP) is 4.05. The van der Waals surface area contributed by atoms with Crippen LogP contribution in [0.25, 0.3) is 0 Å². The van der Waals surface area contributed by atoms with Gasteiger partial charge >= 0.3 is 0 Å². The first-order valence-corrected chi connectivity index (χ1v) is 7.59. The molecule has 4 heteroatoms. The molecule has 0 spiro atoms. The molecule has 0 bridgehead atoms. The van der Waals surface area contributed by atoms with Crippen molar-refractivity contribution in [2.75, 3.05) is 23.4 Å². The Morgan fingerprint density at radius 2 is 2.41 bits per heavy atom. The molecule has 0 radical (unpaired) electrons. The number of thioether (sulfide) groups is 1. The van der Waals surface area contributed by atoms with Gasteiger partial charge in [0.25, 0.3) is 0 Å². The molecule has 1 fully saturated rings. The smallest absolute Gasteiger partial charge is 0.138 e. The molecule has 1 heterocycles. The lowest BCUT2D eigenvalue weighted by Gasteiger charge is -2.14. The minimum Gasteiger partial charge on any atom is -0.492 e. The van der Waals surface area contributed by atoms with E-state index < -0.39 is 0 Å². The Morgan fingerprint density at radius 3 is 3.06 bits per heavy atom. The third-order valence-electron chi connectivity index (χ3n) is 2.69. The predicted molar refractivity (Wildman–Crippen MR) is 76.6 cm³/mol. The van der Waals surface area contributed by atoms with Crippen LogP contribution in [-0.4, -0.2) is 24.2 Å². The van der Waals surface area contributed by atoms with Crippen molar-refractivity contribution in [3.8, 4) is 5.75 Å². The van der Waals surface area contributed by atoms with E-state index in [2.05, 4.69) is 12.2 Å². The maximum absolute atomic E-state index is 6.18. The topological polar surface area (TPSA) is 21.3 Å². The van der Waals surface area contributed by atoms with Crippen molar-refractivity contribution in [1.82, 2.24) is 0 Å². The van der Waals surface area contributed by atoms with Gasteiger partial charge in [-0.05, 0) is 36.8 Å². The van der Waals surface area contributed by atoms with E-state index in [1.54, 1.807) is 0 Å². The lowest BCUT2D eigenvalue weighted by molar-refractivity contribution is 0.317. The quantitative estimate of drug-likeness (QED) is 0.873. The second-order valence-corrected chi connectivity index (χ2v) is 5.76. The van der Waals surface area contributed by atoms with Gasteiger partial charge in [-0.3, -0.25) is 0 Å². The average Bonchev–Trinajstić information content (AvgIpc) is 2.81. The minimum absolute atomic E-state index is 0.582. The van der Waals surface area contributed by atoms with Crippen LogP contribution in [0.5, 0.6) is 5.75 Å².